The molecule has 4 aromatic rings. The van der Waals surface area contributed by atoms with Crippen LogP contribution in [0.4, 0.5) is 5.69 Å². The molecule has 1 aliphatic rings. The van der Waals surface area contributed by atoms with Crippen molar-refractivity contribution in [3.8, 4) is 0 Å². The largest absolute Gasteiger partial charge is 0.340 e. The van der Waals surface area contributed by atoms with Crippen LogP contribution in [0, 0.1) is 6.92 Å². The maximum atomic E-state index is 12.8. The molecule has 35 heavy (non-hydrogen) atoms. The number of halogens is 2. The van der Waals surface area contributed by atoms with E-state index in [1.54, 1.807) is 6.07 Å². The highest BCUT2D eigenvalue weighted by atomic mass is 35.5. The SMILES string of the molecule is CCc1ccc(N=C2NC(=O)/C(=C/c3c(C)n(Cc4ccc(Cl)cc4Cl)c4ccccc34)S2)cc1. The summed E-state index contributed by atoms with van der Waals surface area (Å²) in [5, 5.41) is 5.81. The summed E-state index contributed by atoms with van der Waals surface area (Å²) in [4.78, 5) is 18.0. The number of thioether (sulfide) groups is 1. The first-order valence-electron chi connectivity index (χ1n) is 11.3. The molecule has 0 unspecified atom stereocenters. The molecule has 1 amide bonds. The minimum absolute atomic E-state index is 0.143. The predicted molar refractivity (Wildman–Crippen MR) is 149 cm³/mol. The van der Waals surface area contributed by atoms with E-state index in [1.165, 1.54) is 17.3 Å². The number of fused-ring (bicyclic) bond motifs is 1. The van der Waals surface area contributed by atoms with Gasteiger partial charge in [0.25, 0.3) is 5.91 Å². The third kappa shape index (κ3) is 4.90. The van der Waals surface area contributed by atoms with Crippen LogP contribution in [-0.4, -0.2) is 15.6 Å². The fraction of sp³-hybridized carbons (Fsp3) is 0.143. The lowest BCUT2D eigenvalue weighted by atomic mass is 10.1. The summed E-state index contributed by atoms with van der Waals surface area (Å²) in [6.07, 6.45) is 2.94. The molecule has 1 aromatic heterocycles. The summed E-state index contributed by atoms with van der Waals surface area (Å²) in [7, 11) is 0. The van der Waals surface area contributed by atoms with E-state index in [1.807, 2.05) is 42.5 Å². The first kappa shape index (κ1) is 23.7. The number of para-hydroxylation sites is 1. The molecule has 0 radical (unpaired) electrons. The highest BCUT2D eigenvalue weighted by Gasteiger charge is 2.25. The van der Waals surface area contributed by atoms with Gasteiger partial charge in [-0.25, -0.2) is 4.99 Å². The van der Waals surface area contributed by atoms with Gasteiger partial charge in [0.05, 0.1) is 10.6 Å². The summed E-state index contributed by atoms with van der Waals surface area (Å²) in [5.74, 6) is -0.143. The maximum Gasteiger partial charge on any atom is 0.264 e. The van der Waals surface area contributed by atoms with Crippen LogP contribution in [0.25, 0.3) is 17.0 Å². The van der Waals surface area contributed by atoms with Gasteiger partial charge in [-0.15, -0.1) is 0 Å². The number of aryl methyl sites for hydroxylation is 1. The van der Waals surface area contributed by atoms with Crippen molar-refractivity contribution in [1.82, 2.24) is 9.88 Å². The molecular weight excluding hydrogens is 497 g/mol. The number of benzene rings is 3. The van der Waals surface area contributed by atoms with Gasteiger partial charge >= 0.3 is 0 Å². The number of nitrogens with one attached hydrogen (secondary N) is 1. The Bertz CT molecular complexity index is 1500. The molecule has 7 heteroatoms. The van der Waals surface area contributed by atoms with Crippen molar-refractivity contribution in [2.24, 2.45) is 4.99 Å². The summed E-state index contributed by atoms with van der Waals surface area (Å²) in [6.45, 7) is 4.79. The average Bonchev–Trinajstić information content (AvgIpc) is 3.33. The number of hydrogen-bond acceptors (Lipinski definition) is 3. The standard InChI is InChI=1S/C28H23Cl2N3OS/c1-3-18-8-12-21(13-9-18)31-28-32-27(34)26(35-28)15-23-17(2)33(25-7-5-4-6-22(23)25)16-19-10-11-20(29)14-24(19)30/h4-15H,3,16H2,1-2H3,(H,31,32,34)/b26-15-. The maximum absolute atomic E-state index is 12.8. The van der Waals surface area contributed by atoms with E-state index in [2.05, 4.69) is 53.0 Å². The number of carbonyl (C=O) groups is 1. The number of amidine groups is 1. The van der Waals surface area contributed by atoms with E-state index in [0.29, 0.717) is 26.7 Å². The Morgan fingerprint density at radius 2 is 1.83 bits per heavy atom. The molecule has 176 valence electrons. The molecular formula is C28H23Cl2N3OS. The second-order valence-corrected chi connectivity index (χ2v) is 10.2. The van der Waals surface area contributed by atoms with Gasteiger partial charge in [0.2, 0.25) is 0 Å². The zero-order chi connectivity index (χ0) is 24.5. The summed E-state index contributed by atoms with van der Waals surface area (Å²) < 4.78 is 2.22. The van der Waals surface area contributed by atoms with E-state index in [0.717, 1.165) is 39.8 Å². The summed E-state index contributed by atoms with van der Waals surface area (Å²) in [6, 6.07) is 21.8. The Balaban J connectivity index is 1.50. The Kier molecular flexibility index (Phi) is 6.74. The molecule has 1 aliphatic heterocycles. The van der Waals surface area contributed by atoms with E-state index < -0.39 is 0 Å². The molecule has 0 spiro atoms. The van der Waals surface area contributed by atoms with Crippen LogP contribution in [0.3, 0.4) is 0 Å². The number of aromatic nitrogens is 1. The van der Waals surface area contributed by atoms with Crippen LogP contribution in [0.15, 0.2) is 76.6 Å². The molecule has 1 fully saturated rings. The number of rotatable bonds is 5. The monoisotopic (exact) mass is 519 g/mol. The van der Waals surface area contributed by atoms with Gasteiger partial charge in [-0.05, 0) is 72.6 Å². The number of carbonyl (C=O) groups excluding carboxylic acids is 1. The van der Waals surface area contributed by atoms with Gasteiger partial charge in [0.15, 0.2) is 5.17 Å². The van der Waals surface area contributed by atoms with Crippen molar-refractivity contribution in [2.45, 2.75) is 26.8 Å². The smallest absolute Gasteiger partial charge is 0.264 e. The molecule has 1 saturated heterocycles. The molecule has 0 bridgehead atoms. The van der Waals surface area contributed by atoms with Gasteiger partial charge < -0.3 is 9.88 Å². The fourth-order valence-corrected chi connectivity index (χ4v) is 5.49. The average molecular weight is 520 g/mol. The third-order valence-electron chi connectivity index (χ3n) is 6.12. The minimum Gasteiger partial charge on any atom is -0.340 e. The highest BCUT2D eigenvalue weighted by molar-refractivity contribution is 8.18. The van der Waals surface area contributed by atoms with Crippen molar-refractivity contribution in [2.75, 3.05) is 0 Å². The van der Waals surface area contributed by atoms with Crippen LogP contribution in [0.2, 0.25) is 10.0 Å². The molecule has 3 aromatic carbocycles. The van der Waals surface area contributed by atoms with Crippen molar-refractivity contribution in [3.05, 3.63) is 104 Å². The van der Waals surface area contributed by atoms with Gasteiger partial charge in [0.1, 0.15) is 0 Å². The zero-order valence-corrected chi connectivity index (χ0v) is 21.6. The molecule has 5 rings (SSSR count). The van der Waals surface area contributed by atoms with Gasteiger partial charge in [0, 0.05) is 38.8 Å². The van der Waals surface area contributed by atoms with E-state index >= 15 is 0 Å². The Morgan fingerprint density at radius 3 is 2.57 bits per heavy atom. The second kappa shape index (κ2) is 9.94. The lowest BCUT2D eigenvalue weighted by Crippen LogP contribution is -2.19. The molecule has 0 saturated carbocycles. The van der Waals surface area contributed by atoms with Crippen LogP contribution in [0.5, 0.6) is 0 Å². The van der Waals surface area contributed by atoms with Crippen molar-refractivity contribution >= 4 is 68.7 Å². The molecule has 0 atom stereocenters. The zero-order valence-electron chi connectivity index (χ0n) is 19.3. The van der Waals surface area contributed by atoms with Crippen LogP contribution >= 0.6 is 35.0 Å². The number of aliphatic imine (C=N–C) groups is 1. The van der Waals surface area contributed by atoms with Crippen LogP contribution in [0.1, 0.15) is 29.3 Å². The van der Waals surface area contributed by atoms with Crippen molar-refractivity contribution in [3.63, 3.8) is 0 Å². The summed E-state index contributed by atoms with van der Waals surface area (Å²) >= 11 is 13.9. The molecule has 2 heterocycles. The number of amides is 1. The number of nitrogens with zero attached hydrogens (tertiary/aromatic N) is 2. The van der Waals surface area contributed by atoms with E-state index in [4.69, 9.17) is 23.2 Å². The molecule has 4 nitrogen and oxygen atoms in total. The van der Waals surface area contributed by atoms with Gasteiger partial charge in [-0.3, -0.25) is 4.79 Å². The Morgan fingerprint density at radius 1 is 1.06 bits per heavy atom. The van der Waals surface area contributed by atoms with Crippen LogP contribution in [-0.2, 0) is 17.8 Å². The van der Waals surface area contributed by atoms with Gasteiger partial charge in [-0.2, -0.15) is 0 Å². The predicted octanol–water partition coefficient (Wildman–Crippen LogP) is 7.76. The second-order valence-electron chi connectivity index (χ2n) is 8.34. The van der Waals surface area contributed by atoms with Gasteiger partial charge in [-0.1, -0.05) is 66.5 Å². The Hall–Kier alpha value is -2.99. The lowest BCUT2D eigenvalue weighted by molar-refractivity contribution is -0.115. The van der Waals surface area contributed by atoms with E-state index in [9.17, 15) is 4.79 Å². The summed E-state index contributed by atoms with van der Waals surface area (Å²) in [5.41, 5.74) is 6.20. The number of hydrogen-bond donors (Lipinski definition) is 1. The molecule has 1 N–H and O–H groups in total. The molecule has 0 aliphatic carbocycles. The van der Waals surface area contributed by atoms with Crippen molar-refractivity contribution in [1.29, 1.82) is 0 Å². The fourth-order valence-electron chi connectivity index (χ4n) is 4.20. The van der Waals surface area contributed by atoms with E-state index in [-0.39, 0.29) is 5.91 Å². The first-order chi connectivity index (χ1) is 16.9. The topological polar surface area (TPSA) is 46.4 Å². The normalized spacial score (nSPS) is 15.9. The quantitative estimate of drug-likeness (QED) is 0.274. The highest BCUT2D eigenvalue weighted by Crippen LogP contribution is 2.34. The van der Waals surface area contributed by atoms with Crippen LogP contribution < -0.4 is 5.32 Å². The first-order valence-corrected chi connectivity index (χ1v) is 12.9. The Labute approximate surface area is 218 Å². The van der Waals surface area contributed by atoms with Crippen molar-refractivity contribution < 1.29 is 4.79 Å². The lowest BCUT2D eigenvalue weighted by Gasteiger charge is -2.10. The minimum atomic E-state index is -0.143. The third-order valence-corrected chi connectivity index (χ3v) is 7.62.